The highest BCUT2D eigenvalue weighted by Gasteiger charge is 2.34. The molecule has 2 fully saturated rings. The molecule has 2 aliphatic heterocycles. The van der Waals surface area contributed by atoms with Crippen molar-refractivity contribution in [3.63, 3.8) is 0 Å². The summed E-state index contributed by atoms with van der Waals surface area (Å²) >= 11 is 5.83. The van der Waals surface area contributed by atoms with E-state index in [1.165, 1.54) is 12.1 Å². The van der Waals surface area contributed by atoms with Gasteiger partial charge in [0.1, 0.15) is 35.7 Å². The number of aliphatic carboxylic acids is 1. The smallest absolute Gasteiger partial charge is 0.320 e. The molecule has 232 valence electrons. The van der Waals surface area contributed by atoms with Crippen LogP contribution in [0.1, 0.15) is 42.3 Å². The van der Waals surface area contributed by atoms with Gasteiger partial charge in [0.25, 0.3) is 0 Å². The minimum absolute atomic E-state index is 0.0725. The number of rotatable bonds is 11. The van der Waals surface area contributed by atoms with Gasteiger partial charge in [0.05, 0.1) is 30.8 Å². The lowest BCUT2D eigenvalue weighted by Gasteiger charge is -2.32. The number of carboxylic acids is 1. The number of hydrogen-bond acceptors (Lipinski definition) is 7. The number of carbonyl (C=O) groups is 1. The van der Waals surface area contributed by atoms with Crippen LogP contribution in [0.5, 0.6) is 11.5 Å². The Morgan fingerprint density at radius 1 is 1.09 bits per heavy atom. The Morgan fingerprint density at radius 2 is 1.93 bits per heavy atom. The molecule has 0 spiro atoms. The van der Waals surface area contributed by atoms with Gasteiger partial charge in [-0.2, -0.15) is 0 Å². The fraction of sp³-hybridized carbons (Fsp3) is 0.382. The van der Waals surface area contributed by atoms with Crippen LogP contribution >= 0.6 is 11.6 Å². The van der Waals surface area contributed by atoms with E-state index in [1.807, 2.05) is 36.4 Å². The molecular weight excluding hydrogens is 599 g/mol. The maximum Gasteiger partial charge on any atom is 0.320 e. The molecule has 1 aliphatic carbocycles. The summed E-state index contributed by atoms with van der Waals surface area (Å²) in [5.41, 5.74) is 3.08. The molecule has 7 rings (SSSR count). The van der Waals surface area contributed by atoms with E-state index in [4.69, 9.17) is 35.8 Å². The quantitative estimate of drug-likeness (QED) is 0.219. The Bertz CT molecular complexity index is 1790. The fourth-order valence-corrected chi connectivity index (χ4v) is 6.08. The van der Waals surface area contributed by atoms with Gasteiger partial charge < -0.3 is 23.9 Å². The van der Waals surface area contributed by atoms with Gasteiger partial charge in [-0.1, -0.05) is 35.6 Å². The van der Waals surface area contributed by atoms with Crippen molar-refractivity contribution < 1.29 is 28.5 Å². The van der Waals surface area contributed by atoms with Crippen LogP contribution in [0.15, 0.2) is 54.6 Å². The minimum atomic E-state index is -0.919. The highest BCUT2D eigenvalue weighted by Crippen LogP contribution is 2.31. The Balaban J connectivity index is 0.983. The molecule has 1 N–H and O–H groups in total. The molecule has 4 aromatic rings. The zero-order valence-corrected chi connectivity index (χ0v) is 25.3. The van der Waals surface area contributed by atoms with Crippen LogP contribution in [0.2, 0.25) is 5.02 Å². The second-order valence-corrected chi connectivity index (χ2v) is 12.1. The number of hydrogen-bond donors (Lipinski definition) is 1. The van der Waals surface area contributed by atoms with Gasteiger partial charge >= 0.3 is 5.97 Å². The number of ether oxygens (including phenoxy) is 3. The molecule has 0 amide bonds. The normalized spacial score (nSPS) is 21.4. The first-order chi connectivity index (χ1) is 21.9. The van der Waals surface area contributed by atoms with Crippen LogP contribution in [0, 0.1) is 23.6 Å². The summed E-state index contributed by atoms with van der Waals surface area (Å²) < 4.78 is 34.0. The van der Waals surface area contributed by atoms with Gasteiger partial charge in [-0.15, -0.1) is 0 Å². The van der Waals surface area contributed by atoms with Crippen LogP contribution in [-0.2, 0) is 29.2 Å². The standard InChI is InChI=1S/C34H32ClFN4O5/c35-22-4-9-31(28(36)17-22)44-20-21-2-1-3-24(16-21)45-23-10-13-39(14-11-23)19-32-37-30-8-7-29(26-5-6-27(26)34(41)42)38-33(30)40(32)18-25-12-15-43-25/h1-4,7-9,16-17,23,25-27H,10-15,18-20H2,(H,41,42)/t25-,26?,27?/m0/s1. The molecule has 3 atom stereocenters. The first kappa shape index (κ1) is 29.5. The minimum Gasteiger partial charge on any atom is -0.490 e. The van der Waals surface area contributed by atoms with Gasteiger partial charge in [-0.05, 0) is 67.3 Å². The average Bonchev–Trinajstić information content (AvgIpc) is 3.31. The summed E-state index contributed by atoms with van der Waals surface area (Å²) in [5, 5.41) is 9.79. The van der Waals surface area contributed by atoms with Crippen LogP contribution in [0.4, 0.5) is 4.39 Å². The van der Waals surface area contributed by atoms with Crippen molar-refractivity contribution in [1.29, 1.82) is 0 Å². The lowest BCUT2D eigenvalue weighted by molar-refractivity contribution is -0.140. The van der Waals surface area contributed by atoms with Crippen molar-refractivity contribution >= 4 is 28.7 Å². The number of carboxylic acid groups (broad SMARTS) is 1. The van der Waals surface area contributed by atoms with E-state index in [9.17, 15) is 14.3 Å². The molecule has 2 aromatic carbocycles. The number of aromatic nitrogens is 3. The molecule has 3 aliphatic rings. The van der Waals surface area contributed by atoms with Gasteiger partial charge in [-0.25, -0.2) is 14.4 Å². The molecule has 2 saturated heterocycles. The molecule has 45 heavy (non-hydrogen) atoms. The lowest BCUT2D eigenvalue weighted by Crippen LogP contribution is -2.39. The number of halogens is 2. The Labute approximate surface area is 264 Å². The molecule has 0 bridgehead atoms. The van der Waals surface area contributed by atoms with Crippen LogP contribution in [0.3, 0.4) is 0 Å². The second kappa shape index (κ2) is 12.7. The third-order valence-electron chi connectivity index (χ3n) is 8.57. The topological polar surface area (TPSA) is 98.9 Å². The zero-order chi connectivity index (χ0) is 30.9. The molecule has 0 radical (unpaired) electrons. The number of piperidine rings is 1. The zero-order valence-electron chi connectivity index (χ0n) is 24.5. The molecule has 2 aromatic heterocycles. The molecule has 11 heteroatoms. The Kier molecular flexibility index (Phi) is 8.32. The summed E-state index contributed by atoms with van der Waals surface area (Å²) in [5.74, 6) is 4.99. The number of imidazole rings is 1. The summed E-state index contributed by atoms with van der Waals surface area (Å²) in [6, 6.07) is 15.8. The molecule has 2 unspecified atom stereocenters. The van der Waals surface area contributed by atoms with Crippen molar-refractivity contribution in [2.24, 2.45) is 5.92 Å². The predicted octanol–water partition coefficient (Wildman–Crippen LogP) is 5.44. The number of likely N-dealkylation sites (tertiary alicyclic amines) is 1. The van der Waals surface area contributed by atoms with Crippen LogP contribution in [0.25, 0.3) is 11.2 Å². The average molecular weight is 631 g/mol. The maximum atomic E-state index is 14.1. The summed E-state index contributed by atoms with van der Waals surface area (Å²) in [7, 11) is 0. The van der Waals surface area contributed by atoms with E-state index in [1.54, 1.807) is 6.07 Å². The molecular formula is C34H32ClFN4O5. The SMILES string of the molecule is O=C(O)C1C#CC1c1ccc2nc(CN3CCC(Oc4cccc(COc5ccc(Cl)cc5F)c4)CC3)n(C[C@@H]3CCO3)c2n1. The monoisotopic (exact) mass is 630 g/mol. The van der Waals surface area contributed by atoms with E-state index in [-0.39, 0.29) is 24.6 Å². The van der Waals surface area contributed by atoms with E-state index in [2.05, 4.69) is 21.3 Å². The summed E-state index contributed by atoms with van der Waals surface area (Å²) in [6.07, 6.45) is 2.90. The third kappa shape index (κ3) is 6.47. The third-order valence-corrected chi connectivity index (χ3v) is 8.81. The van der Waals surface area contributed by atoms with E-state index in [0.717, 1.165) is 67.3 Å². The molecule has 4 heterocycles. The highest BCUT2D eigenvalue weighted by molar-refractivity contribution is 6.30. The van der Waals surface area contributed by atoms with Gasteiger partial charge in [0.15, 0.2) is 17.2 Å². The van der Waals surface area contributed by atoms with Gasteiger partial charge in [-0.3, -0.25) is 9.69 Å². The van der Waals surface area contributed by atoms with Crippen LogP contribution in [-0.4, -0.2) is 62.4 Å². The highest BCUT2D eigenvalue weighted by atomic mass is 35.5. The van der Waals surface area contributed by atoms with Crippen molar-refractivity contribution in [2.45, 2.75) is 57.1 Å². The second-order valence-electron chi connectivity index (χ2n) is 11.7. The lowest BCUT2D eigenvalue weighted by atomic mass is 9.83. The maximum absolute atomic E-state index is 14.1. The van der Waals surface area contributed by atoms with Crippen molar-refractivity contribution in [3.8, 4) is 23.3 Å². The first-order valence-corrected chi connectivity index (χ1v) is 15.5. The number of fused-ring (bicyclic) bond motifs is 1. The number of nitrogens with zero attached hydrogens (tertiary/aromatic N) is 4. The van der Waals surface area contributed by atoms with Crippen molar-refractivity contribution in [3.05, 3.63) is 82.5 Å². The Morgan fingerprint density at radius 3 is 2.64 bits per heavy atom. The van der Waals surface area contributed by atoms with Crippen molar-refractivity contribution in [1.82, 2.24) is 19.4 Å². The van der Waals surface area contributed by atoms with E-state index >= 15 is 0 Å². The van der Waals surface area contributed by atoms with Crippen LogP contribution < -0.4 is 9.47 Å². The predicted molar refractivity (Wildman–Crippen MR) is 165 cm³/mol. The van der Waals surface area contributed by atoms with Gasteiger partial charge in [0.2, 0.25) is 0 Å². The molecule has 9 nitrogen and oxygen atoms in total. The number of benzene rings is 2. The summed E-state index contributed by atoms with van der Waals surface area (Å²) in [4.78, 5) is 23.7. The largest absolute Gasteiger partial charge is 0.490 e. The van der Waals surface area contributed by atoms with E-state index < -0.39 is 23.6 Å². The summed E-state index contributed by atoms with van der Waals surface area (Å²) in [6.45, 7) is 4.00. The first-order valence-electron chi connectivity index (χ1n) is 15.2. The van der Waals surface area contributed by atoms with Gasteiger partial charge in [0, 0.05) is 24.7 Å². The molecule has 0 saturated carbocycles. The number of pyridine rings is 1. The van der Waals surface area contributed by atoms with E-state index in [0.29, 0.717) is 23.8 Å². The Hall–Kier alpha value is -4.17. The van der Waals surface area contributed by atoms with Crippen molar-refractivity contribution in [2.75, 3.05) is 19.7 Å². The fourth-order valence-electron chi connectivity index (χ4n) is 5.92.